The summed E-state index contributed by atoms with van der Waals surface area (Å²) in [6.45, 7) is -1.02. The van der Waals surface area contributed by atoms with Crippen molar-refractivity contribution in [1.29, 1.82) is 0 Å². The summed E-state index contributed by atoms with van der Waals surface area (Å²) in [6, 6.07) is 0.484. The molecule has 16 heavy (non-hydrogen) atoms. The monoisotopic (exact) mass is 242 g/mol. The third-order valence-electron chi connectivity index (χ3n) is 1.55. The predicted octanol–water partition coefficient (Wildman–Crippen LogP) is 2.33. The molecule has 3 nitrogen and oxygen atoms in total. The number of anilines is 1. The van der Waals surface area contributed by atoms with Gasteiger partial charge < -0.3 is 10.5 Å². The number of nitrogens with zero attached hydrogens (tertiary/aromatic N) is 1. The zero-order valence-corrected chi connectivity index (χ0v) is 7.76. The number of pyridine rings is 1. The number of halogens is 5. The summed E-state index contributed by atoms with van der Waals surface area (Å²) in [5, 5.41) is 0. The molecule has 0 aliphatic carbocycles. The summed E-state index contributed by atoms with van der Waals surface area (Å²) in [4.78, 5) is 3.02. The molecule has 1 aromatic rings. The summed E-state index contributed by atoms with van der Waals surface area (Å²) in [5.74, 6) is -0.456. The first-order valence-electron chi connectivity index (χ1n) is 4.04. The lowest BCUT2D eigenvalue weighted by atomic mass is 10.3. The number of aromatic nitrogens is 1. The second-order valence-electron chi connectivity index (χ2n) is 2.81. The Morgan fingerprint density at radius 3 is 2.50 bits per heavy atom. The van der Waals surface area contributed by atoms with Crippen LogP contribution in [-0.2, 0) is 6.18 Å². The molecule has 0 unspecified atom stereocenters. The molecular formula is C8H7F5N2O. The number of nitrogens with two attached hydrogens (primary N) is 1. The molecule has 0 spiro atoms. The van der Waals surface area contributed by atoms with E-state index in [1.165, 1.54) is 0 Å². The highest BCUT2D eigenvalue weighted by Gasteiger charge is 2.33. The molecule has 0 fully saturated rings. The summed E-state index contributed by atoms with van der Waals surface area (Å²) < 4.78 is 64.6. The Hall–Kier alpha value is -1.60. The lowest BCUT2D eigenvalue weighted by Crippen LogP contribution is -2.12. The summed E-state index contributed by atoms with van der Waals surface area (Å²) in [7, 11) is 0. The van der Waals surface area contributed by atoms with Crippen LogP contribution in [0.3, 0.4) is 0 Å². The molecule has 0 aliphatic rings. The molecule has 1 aromatic heterocycles. The third-order valence-corrected chi connectivity index (χ3v) is 1.55. The molecule has 0 amide bonds. The van der Waals surface area contributed by atoms with Crippen molar-refractivity contribution in [2.75, 3.05) is 12.3 Å². The topological polar surface area (TPSA) is 48.1 Å². The first-order valence-corrected chi connectivity index (χ1v) is 4.04. The highest BCUT2D eigenvalue weighted by atomic mass is 19.4. The van der Waals surface area contributed by atoms with Crippen LogP contribution in [0.5, 0.6) is 5.75 Å². The van der Waals surface area contributed by atoms with Crippen LogP contribution in [0.25, 0.3) is 0 Å². The average molecular weight is 242 g/mol. The van der Waals surface area contributed by atoms with Crippen molar-refractivity contribution in [3.05, 3.63) is 18.0 Å². The molecule has 1 heterocycles. The second kappa shape index (κ2) is 4.50. The molecule has 90 valence electrons. The second-order valence-corrected chi connectivity index (χ2v) is 2.81. The molecular weight excluding hydrogens is 235 g/mol. The molecule has 0 aliphatic heterocycles. The van der Waals surface area contributed by atoms with E-state index in [0.29, 0.717) is 12.3 Å². The van der Waals surface area contributed by atoms with Crippen molar-refractivity contribution in [3.63, 3.8) is 0 Å². The van der Waals surface area contributed by atoms with Crippen molar-refractivity contribution >= 4 is 5.69 Å². The van der Waals surface area contributed by atoms with Gasteiger partial charge in [0, 0.05) is 6.07 Å². The van der Waals surface area contributed by atoms with E-state index in [0.717, 1.165) is 0 Å². The summed E-state index contributed by atoms with van der Waals surface area (Å²) >= 11 is 0. The van der Waals surface area contributed by atoms with Gasteiger partial charge in [0.15, 0.2) is 0 Å². The van der Waals surface area contributed by atoms with Crippen molar-refractivity contribution in [1.82, 2.24) is 4.98 Å². The zero-order valence-electron chi connectivity index (χ0n) is 7.76. The van der Waals surface area contributed by atoms with Gasteiger partial charge in [0.1, 0.15) is 18.1 Å². The Morgan fingerprint density at radius 1 is 1.38 bits per heavy atom. The highest BCUT2D eigenvalue weighted by molar-refractivity contribution is 5.51. The van der Waals surface area contributed by atoms with Crippen molar-refractivity contribution in [3.8, 4) is 5.75 Å². The van der Waals surface area contributed by atoms with E-state index in [9.17, 15) is 22.0 Å². The number of rotatable bonds is 3. The Kier molecular flexibility index (Phi) is 3.51. The first-order chi connectivity index (χ1) is 7.30. The van der Waals surface area contributed by atoms with Crippen LogP contribution in [0.4, 0.5) is 27.6 Å². The molecule has 0 radical (unpaired) electrons. The van der Waals surface area contributed by atoms with E-state index >= 15 is 0 Å². The van der Waals surface area contributed by atoms with Gasteiger partial charge in [0.25, 0.3) is 6.43 Å². The normalized spacial score (nSPS) is 11.9. The van der Waals surface area contributed by atoms with Crippen LogP contribution < -0.4 is 10.5 Å². The van der Waals surface area contributed by atoms with Gasteiger partial charge in [-0.1, -0.05) is 0 Å². The quantitative estimate of drug-likeness (QED) is 0.827. The summed E-state index contributed by atoms with van der Waals surface area (Å²) in [5.41, 5.74) is 3.75. The van der Waals surface area contributed by atoms with Gasteiger partial charge in [-0.3, -0.25) is 0 Å². The van der Waals surface area contributed by atoms with Crippen LogP contribution in [0.15, 0.2) is 12.3 Å². The van der Waals surface area contributed by atoms with Crippen LogP contribution >= 0.6 is 0 Å². The first kappa shape index (κ1) is 12.5. The van der Waals surface area contributed by atoms with E-state index in [2.05, 4.69) is 9.72 Å². The standard InChI is InChI=1S/C8H7F5N2O/c9-7(10)3-16-5-1-6(8(11,12)13)15-2-4(5)14/h1-2,7H,3,14H2. The van der Waals surface area contributed by atoms with Crippen LogP contribution in [0.1, 0.15) is 5.69 Å². The van der Waals surface area contributed by atoms with Crippen molar-refractivity contribution in [2.24, 2.45) is 0 Å². The minimum absolute atomic E-state index is 0.228. The minimum atomic E-state index is -4.67. The minimum Gasteiger partial charge on any atom is -0.485 e. The molecule has 8 heteroatoms. The van der Waals surface area contributed by atoms with Gasteiger partial charge in [-0.15, -0.1) is 0 Å². The van der Waals surface area contributed by atoms with E-state index in [-0.39, 0.29) is 5.69 Å². The predicted molar refractivity (Wildman–Crippen MR) is 45.2 cm³/mol. The molecule has 2 N–H and O–H groups in total. The van der Waals surface area contributed by atoms with Crippen molar-refractivity contribution < 1.29 is 26.7 Å². The SMILES string of the molecule is Nc1cnc(C(F)(F)F)cc1OCC(F)F. The number of hydrogen-bond donors (Lipinski definition) is 1. The van der Waals surface area contributed by atoms with Crippen molar-refractivity contribution in [2.45, 2.75) is 12.6 Å². The van der Waals surface area contributed by atoms with Crippen LogP contribution in [-0.4, -0.2) is 18.0 Å². The molecule has 0 bridgehead atoms. The largest absolute Gasteiger partial charge is 0.485 e. The van der Waals surface area contributed by atoms with Gasteiger partial charge >= 0.3 is 6.18 Å². The van der Waals surface area contributed by atoms with E-state index in [4.69, 9.17) is 5.73 Å². The number of nitrogen functional groups attached to an aromatic ring is 1. The van der Waals surface area contributed by atoms with Gasteiger partial charge in [-0.05, 0) is 0 Å². The molecule has 0 atom stereocenters. The van der Waals surface area contributed by atoms with E-state index in [1.807, 2.05) is 0 Å². The number of alkyl halides is 5. The van der Waals surface area contributed by atoms with Gasteiger partial charge in [-0.2, -0.15) is 13.2 Å². The fourth-order valence-corrected chi connectivity index (χ4v) is 0.880. The zero-order chi connectivity index (χ0) is 12.3. The molecule has 1 rings (SSSR count). The van der Waals surface area contributed by atoms with Crippen LogP contribution in [0, 0.1) is 0 Å². The highest BCUT2D eigenvalue weighted by Crippen LogP contribution is 2.32. The van der Waals surface area contributed by atoms with Gasteiger partial charge in [-0.25, -0.2) is 13.8 Å². The Labute approximate surface area is 87.0 Å². The van der Waals surface area contributed by atoms with Crippen LogP contribution in [0.2, 0.25) is 0 Å². The maximum absolute atomic E-state index is 12.2. The fraction of sp³-hybridized carbons (Fsp3) is 0.375. The number of ether oxygens (including phenoxy) is 1. The Morgan fingerprint density at radius 2 is 2.00 bits per heavy atom. The third kappa shape index (κ3) is 3.21. The number of hydrogen-bond acceptors (Lipinski definition) is 3. The lowest BCUT2D eigenvalue weighted by molar-refractivity contribution is -0.141. The maximum Gasteiger partial charge on any atom is 0.433 e. The smallest absolute Gasteiger partial charge is 0.433 e. The fourth-order valence-electron chi connectivity index (χ4n) is 0.880. The lowest BCUT2D eigenvalue weighted by Gasteiger charge is -2.11. The van der Waals surface area contributed by atoms with Gasteiger partial charge in [0.05, 0.1) is 11.9 Å². The molecule has 0 saturated carbocycles. The molecule has 0 saturated heterocycles. The Bertz CT molecular complexity index is 366. The maximum atomic E-state index is 12.2. The Balaban J connectivity index is 2.91. The van der Waals surface area contributed by atoms with E-state index < -0.39 is 30.7 Å². The average Bonchev–Trinajstić information content (AvgIpc) is 2.14. The van der Waals surface area contributed by atoms with E-state index in [1.54, 1.807) is 0 Å². The van der Waals surface area contributed by atoms with Gasteiger partial charge in [0.2, 0.25) is 0 Å². The molecule has 0 aromatic carbocycles. The summed E-state index contributed by atoms with van der Waals surface area (Å²) in [6.07, 6.45) is -6.75.